The highest BCUT2D eigenvalue weighted by Crippen LogP contribution is 2.43. The first kappa shape index (κ1) is 16.5. The number of dihydropyridines is 1. The van der Waals surface area contributed by atoms with E-state index in [1.165, 1.54) is 18.2 Å². The van der Waals surface area contributed by atoms with E-state index in [4.69, 9.17) is 5.73 Å². The monoisotopic (exact) mass is 380 g/mol. The number of allylic oxidation sites excluding steroid dienone is 1. The summed E-state index contributed by atoms with van der Waals surface area (Å²) in [5.41, 5.74) is 3.44. The number of benzene rings is 1. The van der Waals surface area contributed by atoms with Gasteiger partial charge in [-0.2, -0.15) is 4.39 Å². The Labute approximate surface area is 130 Å². The number of rotatable bonds is 3. The molecule has 1 atom stereocenters. The van der Waals surface area contributed by atoms with Crippen LogP contribution in [0.1, 0.15) is 5.56 Å². The molecule has 0 aromatic heterocycles. The van der Waals surface area contributed by atoms with Crippen LogP contribution in [-0.2, 0) is 10.2 Å². The van der Waals surface area contributed by atoms with Crippen LogP contribution in [-0.4, -0.2) is 24.8 Å². The molecule has 1 aromatic rings. The third kappa shape index (κ3) is 2.99. The molecule has 0 aliphatic carbocycles. The Kier molecular flexibility index (Phi) is 4.28. The quantitative estimate of drug-likeness (QED) is 0.819. The fraction of sp³-hybridized carbons (Fsp3) is 0.231. The number of alkyl halides is 3. The van der Waals surface area contributed by atoms with E-state index in [1.807, 2.05) is 0 Å². The lowest BCUT2D eigenvalue weighted by Crippen LogP contribution is -2.46. The minimum atomic E-state index is -4.95. The van der Waals surface area contributed by atoms with Crippen molar-refractivity contribution in [3.05, 3.63) is 40.4 Å². The zero-order chi connectivity index (χ0) is 16.5. The highest BCUT2D eigenvalue weighted by Gasteiger charge is 2.46. The van der Waals surface area contributed by atoms with Crippen molar-refractivity contribution in [3.63, 3.8) is 0 Å². The predicted molar refractivity (Wildman–Crippen MR) is 74.4 cm³/mol. The van der Waals surface area contributed by atoms with E-state index in [0.29, 0.717) is 0 Å². The van der Waals surface area contributed by atoms with Gasteiger partial charge in [0.1, 0.15) is 11.2 Å². The van der Waals surface area contributed by atoms with E-state index in [0.717, 1.165) is 12.1 Å². The fourth-order valence-corrected chi connectivity index (χ4v) is 2.84. The second-order valence-electron chi connectivity index (χ2n) is 4.44. The number of carbonyl (C=O) groups excluding carboxylic acids is 1. The molecule has 0 saturated heterocycles. The van der Waals surface area contributed by atoms with Gasteiger partial charge in [0.15, 0.2) is 0 Å². The lowest BCUT2D eigenvalue weighted by molar-refractivity contribution is -0.275. The molecule has 0 radical (unpaired) electrons. The van der Waals surface area contributed by atoms with Crippen LogP contribution in [0.3, 0.4) is 0 Å². The van der Waals surface area contributed by atoms with Gasteiger partial charge in [0, 0.05) is 16.1 Å². The van der Waals surface area contributed by atoms with E-state index in [9.17, 15) is 22.4 Å². The average Bonchev–Trinajstić information content (AvgIpc) is 2.38. The number of amides is 1. The zero-order valence-corrected chi connectivity index (χ0v) is 12.4. The highest BCUT2D eigenvalue weighted by atomic mass is 79.9. The third-order valence-electron chi connectivity index (χ3n) is 3.11. The number of halogens is 5. The molecular weight excluding hydrogens is 372 g/mol. The fourth-order valence-electron chi connectivity index (χ4n) is 2.12. The third-order valence-corrected chi connectivity index (χ3v) is 4.02. The molecule has 0 fully saturated rings. The normalized spacial score (nSPS) is 21.9. The Hall–Kier alpha value is -1.90. The van der Waals surface area contributed by atoms with Gasteiger partial charge < -0.3 is 10.5 Å². The Bertz CT molecular complexity index is 672. The number of carbonyl (C=O) groups is 1. The van der Waals surface area contributed by atoms with E-state index in [2.05, 4.69) is 25.7 Å². The SMILES string of the molecule is NC(=O)C1(c2ccccc2OC(F)(F)F)CN=C(F)C=C1Br. The maximum atomic E-state index is 13.2. The van der Waals surface area contributed by atoms with Gasteiger partial charge in [-0.15, -0.1) is 13.2 Å². The van der Waals surface area contributed by atoms with Crippen molar-refractivity contribution in [2.45, 2.75) is 11.8 Å². The number of nitrogens with two attached hydrogens (primary N) is 1. The minimum absolute atomic E-state index is 0.0294. The smallest absolute Gasteiger partial charge is 0.405 e. The molecule has 0 bridgehead atoms. The maximum Gasteiger partial charge on any atom is 0.573 e. The number of aliphatic imine (C=N–C) groups is 1. The van der Waals surface area contributed by atoms with Crippen molar-refractivity contribution in [1.29, 1.82) is 0 Å². The number of para-hydroxylation sites is 1. The van der Waals surface area contributed by atoms with Crippen molar-refractivity contribution in [3.8, 4) is 5.75 Å². The Balaban J connectivity index is 2.62. The van der Waals surface area contributed by atoms with E-state index in [1.54, 1.807) is 0 Å². The molecule has 1 unspecified atom stereocenters. The Morgan fingerprint density at radius 1 is 1.36 bits per heavy atom. The summed E-state index contributed by atoms with van der Waals surface area (Å²) in [5, 5.41) is 0. The summed E-state index contributed by atoms with van der Waals surface area (Å²) in [6.07, 6.45) is -4.06. The van der Waals surface area contributed by atoms with Gasteiger partial charge >= 0.3 is 6.36 Å². The summed E-state index contributed by atoms with van der Waals surface area (Å²) >= 11 is 3.01. The second kappa shape index (κ2) is 5.71. The van der Waals surface area contributed by atoms with Crippen LogP contribution in [0.5, 0.6) is 5.75 Å². The molecule has 22 heavy (non-hydrogen) atoms. The molecule has 0 spiro atoms. The molecular formula is C13H9BrF4N2O2. The minimum Gasteiger partial charge on any atom is -0.405 e. The Morgan fingerprint density at radius 3 is 2.55 bits per heavy atom. The topological polar surface area (TPSA) is 64.7 Å². The molecule has 9 heteroatoms. The van der Waals surface area contributed by atoms with Crippen LogP contribution in [0.25, 0.3) is 0 Å². The lowest BCUT2D eigenvalue weighted by atomic mass is 9.77. The van der Waals surface area contributed by atoms with Crippen LogP contribution in [0, 0.1) is 0 Å². The van der Waals surface area contributed by atoms with Crippen molar-refractivity contribution in [2.75, 3.05) is 6.54 Å². The first-order valence-corrected chi connectivity index (χ1v) is 6.69. The van der Waals surface area contributed by atoms with Crippen LogP contribution >= 0.6 is 15.9 Å². The number of nitrogens with zero attached hydrogens (tertiary/aromatic N) is 1. The number of primary amides is 1. The molecule has 4 nitrogen and oxygen atoms in total. The maximum absolute atomic E-state index is 13.2. The van der Waals surface area contributed by atoms with Crippen molar-refractivity contribution in [1.82, 2.24) is 0 Å². The van der Waals surface area contributed by atoms with Gasteiger partial charge in [-0.1, -0.05) is 34.1 Å². The average molecular weight is 381 g/mol. The van der Waals surface area contributed by atoms with Gasteiger partial charge in [0.05, 0.1) is 6.54 Å². The largest absolute Gasteiger partial charge is 0.573 e. The molecule has 1 aliphatic rings. The van der Waals surface area contributed by atoms with Gasteiger partial charge in [0.2, 0.25) is 11.9 Å². The van der Waals surface area contributed by atoms with E-state index in [-0.39, 0.29) is 10.0 Å². The summed E-state index contributed by atoms with van der Waals surface area (Å²) < 4.78 is 54.7. The molecule has 2 N–H and O–H groups in total. The van der Waals surface area contributed by atoms with Gasteiger partial charge in [-0.25, -0.2) is 0 Å². The molecule has 1 aliphatic heterocycles. The van der Waals surface area contributed by atoms with Crippen molar-refractivity contribution >= 4 is 27.8 Å². The summed E-state index contributed by atoms with van der Waals surface area (Å²) in [6.45, 7) is -0.469. The molecule has 1 amide bonds. The lowest BCUT2D eigenvalue weighted by Gasteiger charge is -2.32. The van der Waals surface area contributed by atoms with Gasteiger partial charge in [-0.3, -0.25) is 9.79 Å². The predicted octanol–water partition coefficient (Wildman–Crippen LogP) is 2.97. The van der Waals surface area contributed by atoms with Crippen LogP contribution in [0.15, 0.2) is 39.8 Å². The standard InChI is InChI=1S/C13H9BrF4N2O2/c14-9-5-10(15)20-6-12(9,11(19)21)7-3-1-2-4-8(7)22-13(16,17)18/h1-5H,6H2,(H2,19,21). The number of hydrogen-bond donors (Lipinski definition) is 1. The van der Waals surface area contributed by atoms with Gasteiger partial charge in [0.25, 0.3) is 0 Å². The summed E-state index contributed by atoms with van der Waals surface area (Å²) in [7, 11) is 0. The van der Waals surface area contributed by atoms with Crippen LogP contribution in [0.2, 0.25) is 0 Å². The first-order chi connectivity index (χ1) is 10.2. The summed E-state index contributed by atoms with van der Waals surface area (Å²) in [4.78, 5) is 15.4. The highest BCUT2D eigenvalue weighted by molar-refractivity contribution is 9.11. The number of hydrogen-bond acceptors (Lipinski definition) is 3. The molecule has 118 valence electrons. The van der Waals surface area contributed by atoms with Crippen LogP contribution < -0.4 is 10.5 Å². The van der Waals surface area contributed by atoms with Crippen LogP contribution in [0.4, 0.5) is 17.6 Å². The molecule has 1 aromatic carbocycles. The van der Waals surface area contributed by atoms with E-state index >= 15 is 0 Å². The molecule has 0 saturated carbocycles. The molecule has 1 heterocycles. The van der Waals surface area contributed by atoms with Crippen molar-refractivity contribution in [2.24, 2.45) is 10.7 Å². The summed E-state index contributed by atoms with van der Waals surface area (Å²) in [6, 6.07) is 5.02. The first-order valence-electron chi connectivity index (χ1n) is 5.89. The van der Waals surface area contributed by atoms with Gasteiger partial charge in [-0.05, 0) is 6.07 Å². The second-order valence-corrected chi connectivity index (χ2v) is 5.30. The van der Waals surface area contributed by atoms with E-state index < -0.39 is 35.9 Å². The number of ether oxygens (including phenoxy) is 1. The molecule has 2 rings (SSSR count). The van der Waals surface area contributed by atoms with Crippen molar-refractivity contribution < 1.29 is 27.1 Å². The zero-order valence-electron chi connectivity index (χ0n) is 10.8. The Morgan fingerprint density at radius 2 is 2.00 bits per heavy atom. The summed E-state index contributed by atoms with van der Waals surface area (Å²) in [5.74, 6) is -2.44.